The van der Waals surface area contributed by atoms with Crippen LogP contribution >= 0.6 is 0 Å². The lowest BCUT2D eigenvalue weighted by atomic mass is 10.0. The highest BCUT2D eigenvalue weighted by Gasteiger charge is 2.41. The second-order valence-electron chi connectivity index (χ2n) is 8.03. The van der Waals surface area contributed by atoms with Crippen molar-refractivity contribution < 1.29 is 4.79 Å². The summed E-state index contributed by atoms with van der Waals surface area (Å²) in [4.78, 5) is 17.7. The molecule has 1 N–H and O–H groups in total. The molecule has 3 aliphatic rings. The van der Waals surface area contributed by atoms with Crippen LogP contribution in [0.25, 0.3) is 0 Å². The third-order valence-electron chi connectivity index (χ3n) is 6.08. The normalized spacial score (nSPS) is 22.8. The van der Waals surface area contributed by atoms with Gasteiger partial charge in [-0.15, -0.1) is 0 Å². The number of nitrogens with one attached hydrogen (secondary N) is 1. The Bertz CT molecular complexity index is 820. The first-order valence-electron chi connectivity index (χ1n) is 10.3. The van der Waals surface area contributed by atoms with Crippen LogP contribution in [-0.4, -0.2) is 29.9 Å². The van der Waals surface area contributed by atoms with Crippen LogP contribution in [0.1, 0.15) is 60.6 Å². The van der Waals surface area contributed by atoms with Gasteiger partial charge in [-0.1, -0.05) is 37.1 Å². The van der Waals surface area contributed by atoms with Gasteiger partial charge < -0.3 is 15.1 Å². The van der Waals surface area contributed by atoms with Crippen LogP contribution in [-0.2, 0) is 0 Å². The van der Waals surface area contributed by atoms with Crippen molar-refractivity contribution in [3.05, 3.63) is 59.7 Å². The number of fused-ring (bicyclic) bond motifs is 1. The maximum absolute atomic E-state index is 13.1. The number of hydrogen-bond donors (Lipinski definition) is 1. The maximum Gasteiger partial charge on any atom is 0.258 e. The molecule has 140 valence electrons. The van der Waals surface area contributed by atoms with E-state index in [2.05, 4.69) is 39.4 Å². The third kappa shape index (κ3) is 3.18. The number of benzene rings is 2. The monoisotopic (exact) mass is 361 g/mol. The molecule has 1 saturated heterocycles. The van der Waals surface area contributed by atoms with Gasteiger partial charge in [-0.3, -0.25) is 4.79 Å². The summed E-state index contributed by atoms with van der Waals surface area (Å²) >= 11 is 0. The Morgan fingerprint density at radius 2 is 1.56 bits per heavy atom. The van der Waals surface area contributed by atoms with E-state index in [-0.39, 0.29) is 12.1 Å². The summed E-state index contributed by atoms with van der Waals surface area (Å²) in [5.41, 5.74) is 4.22. The molecule has 2 heterocycles. The summed E-state index contributed by atoms with van der Waals surface area (Å²) in [7, 11) is 0. The summed E-state index contributed by atoms with van der Waals surface area (Å²) in [6.45, 7) is 2.31. The molecule has 0 radical (unpaired) electrons. The largest absolute Gasteiger partial charge is 0.372 e. The summed E-state index contributed by atoms with van der Waals surface area (Å²) < 4.78 is 0. The zero-order valence-electron chi connectivity index (χ0n) is 15.7. The minimum Gasteiger partial charge on any atom is -0.372 e. The maximum atomic E-state index is 13.1. The molecule has 0 spiro atoms. The van der Waals surface area contributed by atoms with Gasteiger partial charge in [0.2, 0.25) is 0 Å². The lowest BCUT2D eigenvalue weighted by Gasteiger charge is -2.38. The fraction of sp³-hybridized carbons (Fsp3) is 0.435. The number of nitrogens with zero attached hydrogens (tertiary/aromatic N) is 2. The summed E-state index contributed by atoms with van der Waals surface area (Å²) in [5.74, 6) is 0.161. The smallest absolute Gasteiger partial charge is 0.258 e. The van der Waals surface area contributed by atoms with Gasteiger partial charge in [0.05, 0.1) is 5.56 Å². The van der Waals surface area contributed by atoms with Crippen LogP contribution in [0.3, 0.4) is 0 Å². The molecule has 4 nitrogen and oxygen atoms in total. The van der Waals surface area contributed by atoms with Crippen molar-refractivity contribution in [2.24, 2.45) is 0 Å². The molecule has 2 fully saturated rings. The molecule has 1 aliphatic carbocycles. The first-order chi connectivity index (χ1) is 13.3. The standard InChI is InChI=1S/C23H27N3O/c27-23-20-7-3-4-8-21(20)24-22(26(23)19-13-14-19)17-9-11-18(12-10-17)25-15-5-1-2-6-16-25/h3-4,7-12,19,22,24H,1-2,5-6,13-16H2. The van der Waals surface area contributed by atoms with E-state index in [9.17, 15) is 4.79 Å². The molecule has 2 aliphatic heterocycles. The van der Waals surface area contributed by atoms with Gasteiger partial charge in [-0.2, -0.15) is 0 Å². The highest BCUT2D eigenvalue weighted by molar-refractivity contribution is 6.02. The van der Waals surface area contributed by atoms with E-state index in [1.165, 1.54) is 36.9 Å². The SMILES string of the molecule is O=C1c2ccccc2NC(c2ccc(N3CCCCCC3)cc2)N1C1CC1. The van der Waals surface area contributed by atoms with Gasteiger partial charge in [-0.05, 0) is 55.5 Å². The van der Waals surface area contributed by atoms with Gasteiger partial charge in [0.15, 0.2) is 0 Å². The lowest BCUT2D eigenvalue weighted by Crippen LogP contribution is -2.44. The zero-order chi connectivity index (χ0) is 18.2. The van der Waals surface area contributed by atoms with E-state index in [1.807, 2.05) is 24.3 Å². The molecule has 1 saturated carbocycles. The Hall–Kier alpha value is -2.49. The number of amides is 1. The fourth-order valence-electron chi connectivity index (χ4n) is 4.44. The minimum atomic E-state index is -0.0712. The second-order valence-corrected chi connectivity index (χ2v) is 8.03. The van der Waals surface area contributed by atoms with Crippen molar-refractivity contribution in [1.82, 2.24) is 4.90 Å². The average molecular weight is 361 g/mol. The Labute approximate surface area is 161 Å². The van der Waals surface area contributed by atoms with E-state index in [4.69, 9.17) is 0 Å². The van der Waals surface area contributed by atoms with Crippen LogP contribution in [0, 0.1) is 0 Å². The van der Waals surface area contributed by atoms with Gasteiger partial charge >= 0.3 is 0 Å². The van der Waals surface area contributed by atoms with Crippen LogP contribution < -0.4 is 10.2 Å². The van der Waals surface area contributed by atoms with E-state index in [0.29, 0.717) is 6.04 Å². The molecule has 5 rings (SSSR count). The first kappa shape index (κ1) is 16.7. The summed E-state index contributed by atoms with van der Waals surface area (Å²) in [6, 6.07) is 17.1. The summed E-state index contributed by atoms with van der Waals surface area (Å²) in [6.07, 6.45) is 7.41. The predicted molar refractivity (Wildman–Crippen MR) is 109 cm³/mol. The molecule has 0 aromatic heterocycles. The molecule has 2 aromatic carbocycles. The van der Waals surface area contributed by atoms with Gasteiger partial charge in [0, 0.05) is 30.5 Å². The highest BCUT2D eigenvalue weighted by atomic mass is 16.2. The third-order valence-corrected chi connectivity index (χ3v) is 6.08. The Kier molecular flexibility index (Phi) is 4.27. The van der Waals surface area contributed by atoms with Crippen LogP contribution in [0.15, 0.2) is 48.5 Å². The minimum absolute atomic E-state index is 0.0712. The summed E-state index contributed by atoms with van der Waals surface area (Å²) in [5, 5.41) is 3.62. The van der Waals surface area contributed by atoms with Crippen molar-refractivity contribution >= 4 is 17.3 Å². The van der Waals surface area contributed by atoms with Crippen LogP contribution in [0.4, 0.5) is 11.4 Å². The van der Waals surface area contributed by atoms with Crippen molar-refractivity contribution in [3.8, 4) is 0 Å². The van der Waals surface area contributed by atoms with Gasteiger partial charge in [0.25, 0.3) is 5.91 Å². The first-order valence-corrected chi connectivity index (χ1v) is 10.3. The van der Waals surface area contributed by atoms with E-state index in [0.717, 1.165) is 37.2 Å². The van der Waals surface area contributed by atoms with E-state index >= 15 is 0 Å². The lowest BCUT2D eigenvalue weighted by molar-refractivity contribution is 0.0666. The zero-order valence-corrected chi connectivity index (χ0v) is 15.7. The molecule has 1 atom stereocenters. The molecule has 1 amide bonds. The van der Waals surface area contributed by atoms with Gasteiger partial charge in [-0.25, -0.2) is 0 Å². The number of para-hydroxylation sites is 1. The van der Waals surface area contributed by atoms with Gasteiger partial charge in [0.1, 0.15) is 6.17 Å². The quantitative estimate of drug-likeness (QED) is 0.853. The number of anilines is 2. The molecular weight excluding hydrogens is 334 g/mol. The Morgan fingerprint density at radius 1 is 0.852 bits per heavy atom. The predicted octanol–water partition coefficient (Wildman–Crippen LogP) is 4.80. The number of rotatable bonds is 3. The van der Waals surface area contributed by atoms with Crippen LogP contribution in [0.2, 0.25) is 0 Å². The second kappa shape index (κ2) is 6.91. The van der Waals surface area contributed by atoms with Crippen molar-refractivity contribution in [1.29, 1.82) is 0 Å². The number of carbonyl (C=O) groups excluding carboxylic acids is 1. The average Bonchev–Trinajstić information content (AvgIpc) is 3.55. The van der Waals surface area contributed by atoms with Crippen LogP contribution in [0.5, 0.6) is 0 Å². The molecule has 0 bridgehead atoms. The topological polar surface area (TPSA) is 35.6 Å². The molecule has 1 unspecified atom stereocenters. The Balaban J connectivity index is 1.43. The Morgan fingerprint density at radius 3 is 2.26 bits per heavy atom. The van der Waals surface area contributed by atoms with E-state index < -0.39 is 0 Å². The molecule has 2 aromatic rings. The van der Waals surface area contributed by atoms with Crippen molar-refractivity contribution in [3.63, 3.8) is 0 Å². The van der Waals surface area contributed by atoms with Crippen molar-refractivity contribution in [2.75, 3.05) is 23.3 Å². The number of carbonyl (C=O) groups is 1. The highest BCUT2D eigenvalue weighted by Crippen LogP contribution is 2.41. The van der Waals surface area contributed by atoms with Crippen molar-refractivity contribution in [2.45, 2.75) is 50.7 Å². The number of hydrogen-bond acceptors (Lipinski definition) is 3. The fourth-order valence-corrected chi connectivity index (χ4v) is 4.44. The molecular formula is C23H27N3O. The molecule has 4 heteroatoms. The van der Waals surface area contributed by atoms with E-state index in [1.54, 1.807) is 0 Å². The molecule has 27 heavy (non-hydrogen) atoms.